The molecule has 1 aliphatic rings. The van der Waals surface area contributed by atoms with Gasteiger partial charge in [0.2, 0.25) is 0 Å². The van der Waals surface area contributed by atoms with Crippen LogP contribution in [0.25, 0.3) is 11.1 Å². The third-order valence-corrected chi connectivity index (χ3v) is 6.22. The Morgan fingerprint density at radius 1 is 0.946 bits per heavy atom. The van der Waals surface area contributed by atoms with Crippen LogP contribution in [0, 0.1) is 24.1 Å². The Morgan fingerprint density at radius 2 is 1.62 bits per heavy atom. The first-order valence-electron chi connectivity index (χ1n) is 11.3. The number of allylic oxidation sites excluding steroid dienone is 1. The largest absolute Gasteiger partial charge is 0.466 e. The van der Waals surface area contributed by atoms with Gasteiger partial charge in [0.25, 0.3) is 0 Å². The number of carbonyl (C=O) groups is 2. The highest BCUT2D eigenvalue weighted by Crippen LogP contribution is 2.43. The average molecular weight is 498 g/mol. The highest BCUT2D eigenvalue weighted by Gasteiger charge is 2.43. The second kappa shape index (κ2) is 10.4. The molecule has 8 heteroatoms. The normalized spacial score (nSPS) is 15.3. The summed E-state index contributed by atoms with van der Waals surface area (Å²) in [5.41, 5.74) is 9.04. The molecule has 3 aromatic rings. The molecule has 2 N–H and O–H groups in total. The van der Waals surface area contributed by atoms with Crippen molar-refractivity contribution in [1.82, 2.24) is 0 Å². The summed E-state index contributed by atoms with van der Waals surface area (Å²) in [5.74, 6) is -3.01. The van der Waals surface area contributed by atoms with Gasteiger partial charge in [0.1, 0.15) is 17.3 Å². The maximum Gasteiger partial charge on any atom is 0.355 e. The summed E-state index contributed by atoms with van der Waals surface area (Å²) in [6.07, 6.45) is 0. The molecule has 0 bridgehead atoms. The number of hydrogen-bond donors (Lipinski definition) is 1. The van der Waals surface area contributed by atoms with E-state index in [1.165, 1.54) is 25.2 Å². The van der Waals surface area contributed by atoms with E-state index in [9.17, 15) is 19.2 Å². The molecule has 0 aliphatic carbocycles. The van der Waals surface area contributed by atoms with Crippen LogP contribution in [0.3, 0.4) is 0 Å². The Bertz CT molecular complexity index is 1490. The monoisotopic (exact) mass is 497 g/mol. The summed E-state index contributed by atoms with van der Waals surface area (Å²) in [5, 5.41) is 10.2. The molecular formula is C29H24FN3O4. The predicted molar refractivity (Wildman–Crippen MR) is 136 cm³/mol. The minimum atomic E-state index is -0.960. The number of halogens is 1. The lowest BCUT2D eigenvalue weighted by molar-refractivity contribution is -0.139. The molecule has 7 nitrogen and oxygen atoms in total. The van der Waals surface area contributed by atoms with E-state index < -0.39 is 17.9 Å². The Hall–Kier alpha value is -4.90. The molecule has 0 spiro atoms. The van der Waals surface area contributed by atoms with E-state index in [0.717, 1.165) is 0 Å². The van der Waals surface area contributed by atoms with Crippen LogP contribution >= 0.6 is 0 Å². The molecular weight excluding hydrogens is 473 g/mol. The summed E-state index contributed by atoms with van der Waals surface area (Å²) in [4.78, 5) is 27.7. The first kappa shape index (κ1) is 25.2. The Labute approximate surface area is 213 Å². The smallest absolute Gasteiger partial charge is 0.355 e. The van der Waals surface area contributed by atoms with Crippen molar-refractivity contribution in [3.63, 3.8) is 0 Å². The van der Waals surface area contributed by atoms with Crippen LogP contribution in [0.15, 0.2) is 95.5 Å². The molecule has 0 fully saturated rings. The van der Waals surface area contributed by atoms with Gasteiger partial charge in [-0.1, -0.05) is 54.6 Å². The van der Waals surface area contributed by atoms with E-state index in [1.54, 1.807) is 73.7 Å². The lowest BCUT2D eigenvalue weighted by Gasteiger charge is -2.36. The average Bonchev–Trinajstić information content (AvgIpc) is 2.93. The van der Waals surface area contributed by atoms with Crippen molar-refractivity contribution in [2.24, 2.45) is 5.73 Å². The third kappa shape index (κ3) is 4.55. The first-order chi connectivity index (χ1) is 17.8. The summed E-state index contributed by atoms with van der Waals surface area (Å²) in [6.45, 7) is 1.67. The SMILES string of the molecule is COC(=O)C1=C(C(=O)OC)N(c2cccc(-c3ccc(C)c(F)c3)c2)C(N)=C(C#N)C1c1ccccc1. The maximum absolute atomic E-state index is 14.3. The molecule has 1 heterocycles. The summed E-state index contributed by atoms with van der Waals surface area (Å²) < 4.78 is 24.4. The maximum atomic E-state index is 14.3. The quantitative estimate of drug-likeness (QED) is 0.510. The fourth-order valence-corrected chi connectivity index (χ4v) is 4.38. The molecule has 0 amide bonds. The van der Waals surface area contributed by atoms with Crippen molar-refractivity contribution in [1.29, 1.82) is 5.26 Å². The Kier molecular flexibility index (Phi) is 7.07. The first-order valence-corrected chi connectivity index (χ1v) is 11.3. The van der Waals surface area contributed by atoms with Gasteiger partial charge < -0.3 is 15.2 Å². The molecule has 0 aromatic heterocycles. The molecule has 1 aliphatic heterocycles. The van der Waals surface area contributed by atoms with Crippen LogP contribution in [0.4, 0.5) is 10.1 Å². The molecule has 4 rings (SSSR count). The zero-order valence-electron chi connectivity index (χ0n) is 20.5. The number of ether oxygens (including phenoxy) is 2. The van der Waals surface area contributed by atoms with Crippen molar-refractivity contribution >= 4 is 17.6 Å². The fraction of sp³-hybridized carbons (Fsp3) is 0.138. The zero-order valence-corrected chi connectivity index (χ0v) is 20.5. The number of nitrogens with two attached hydrogens (primary N) is 1. The molecule has 0 saturated heterocycles. The van der Waals surface area contributed by atoms with E-state index >= 15 is 0 Å². The van der Waals surface area contributed by atoms with Crippen molar-refractivity contribution in [3.8, 4) is 17.2 Å². The van der Waals surface area contributed by atoms with Crippen LogP contribution < -0.4 is 10.6 Å². The number of aryl methyl sites for hydroxylation is 1. The van der Waals surface area contributed by atoms with Crippen LogP contribution in [0.5, 0.6) is 0 Å². The predicted octanol–water partition coefficient (Wildman–Crippen LogP) is 4.70. The number of anilines is 1. The van der Waals surface area contributed by atoms with Crippen molar-refractivity contribution in [2.75, 3.05) is 19.1 Å². The number of nitrogens with zero attached hydrogens (tertiary/aromatic N) is 2. The zero-order chi connectivity index (χ0) is 26.7. The second-order valence-corrected chi connectivity index (χ2v) is 8.35. The number of methoxy groups -OCH3 is 2. The Balaban J connectivity index is 2.00. The number of carbonyl (C=O) groups excluding carboxylic acids is 2. The van der Waals surface area contributed by atoms with Gasteiger partial charge >= 0.3 is 11.9 Å². The van der Waals surface area contributed by atoms with Gasteiger partial charge in [0.05, 0.1) is 37.4 Å². The highest BCUT2D eigenvalue weighted by molar-refractivity contribution is 6.06. The van der Waals surface area contributed by atoms with E-state index in [1.807, 2.05) is 0 Å². The van der Waals surface area contributed by atoms with Crippen LogP contribution in [0.2, 0.25) is 0 Å². The summed E-state index contributed by atoms with van der Waals surface area (Å²) in [6, 6.07) is 22.6. The van der Waals surface area contributed by atoms with Gasteiger partial charge in [-0.3, -0.25) is 4.90 Å². The molecule has 186 valence electrons. The molecule has 0 radical (unpaired) electrons. The van der Waals surface area contributed by atoms with E-state index in [-0.39, 0.29) is 28.5 Å². The number of nitriles is 1. The topological polar surface area (TPSA) is 106 Å². The highest BCUT2D eigenvalue weighted by atomic mass is 19.1. The third-order valence-electron chi connectivity index (χ3n) is 6.22. The minimum Gasteiger partial charge on any atom is -0.466 e. The van der Waals surface area contributed by atoms with Gasteiger partial charge in [-0.05, 0) is 47.4 Å². The Morgan fingerprint density at radius 3 is 2.24 bits per heavy atom. The standard InChI is InChI=1S/C29H24FN3O4/c1-17-12-13-20(15-23(17)30)19-10-7-11-21(14-19)33-26(29(35)37-3)25(28(34)36-2)24(22(16-31)27(33)32)18-8-5-4-6-9-18/h4-15,24H,32H2,1-3H3. The second-order valence-electron chi connectivity index (χ2n) is 8.35. The summed E-state index contributed by atoms with van der Waals surface area (Å²) >= 11 is 0. The summed E-state index contributed by atoms with van der Waals surface area (Å²) in [7, 11) is 2.38. The van der Waals surface area contributed by atoms with Crippen molar-refractivity contribution < 1.29 is 23.5 Å². The minimum absolute atomic E-state index is 0.0448. The van der Waals surface area contributed by atoms with E-state index in [2.05, 4.69) is 6.07 Å². The van der Waals surface area contributed by atoms with Gasteiger partial charge in [-0.2, -0.15) is 5.26 Å². The van der Waals surface area contributed by atoms with Gasteiger partial charge in [0, 0.05) is 5.69 Å². The van der Waals surface area contributed by atoms with Gasteiger partial charge in [0.15, 0.2) is 0 Å². The van der Waals surface area contributed by atoms with Crippen molar-refractivity contribution in [3.05, 3.63) is 112 Å². The molecule has 1 unspecified atom stereocenters. The molecule has 1 atom stereocenters. The van der Waals surface area contributed by atoms with Crippen molar-refractivity contribution in [2.45, 2.75) is 12.8 Å². The van der Waals surface area contributed by atoms with E-state index in [4.69, 9.17) is 15.2 Å². The number of esters is 2. The fourth-order valence-electron chi connectivity index (χ4n) is 4.38. The van der Waals surface area contributed by atoms with Crippen LogP contribution in [0.1, 0.15) is 17.0 Å². The van der Waals surface area contributed by atoms with E-state index in [0.29, 0.717) is 27.9 Å². The van der Waals surface area contributed by atoms with Crippen LogP contribution in [-0.2, 0) is 19.1 Å². The molecule has 0 saturated carbocycles. The number of rotatable bonds is 5. The van der Waals surface area contributed by atoms with Gasteiger partial charge in [-0.25, -0.2) is 14.0 Å². The molecule has 37 heavy (non-hydrogen) atoms. The number of benzene rings is 3. The lowest BCUT2D eigenvalue weighted by atomic mass is 9.81. The van der Waals surface area contributed by atoms with Crippen LogP contribution in [-0.4, -0.2) is 26.2 Å². The number of hydrogen-bond acceptors (Lipinski definition) is 7. The van der Waals surface area contributed by atoms with Gasteiger partial charge in [-0.15, -0.1) is 0 Å². The lowest BCUT2D eigenvalue weighted by Crippen LogP contribution is -2.40. The molecule has 3 aromatic carbocycles.